The molecule has 4 nitrogen and oxygen atoms in total. The van der Waals surface area contributed by atoms with E-state index >= 15 is 0 Å². The van der Waals surface area contributed by atoms with Crippen molar-refractivity contribution in [2.24, 2.45) is 0 Å². The first-order valence-corrected chi connectivity index (χ1v) is 7.01. The quantitative estimate of drug-likeness (QED) is 0.600. The number of para-hydroxylation sites is 2. The Morgan fingerprint density at radius 3 is 2.40 bits per heavy atom. The van der Waals surface area contributed by atoms with Crippen molar-refractivity contribution in [2.75, 3.05) is 13.1 Å². The fourth-order valence-corrected chi connectivity index (χ4v) is 2.31. The van der Waals surface area contributed by atoms with Crippen LogP contribution < -0.4 is 0 Å². The monoisotopic (exact) mass is 365 g/mol. The molecule has 0 aliphatic carbocycles. The topological polar surface area (TPSA) is 38.1 Å². The van der Waals surface area contributed by atoms with Gasteiger partial charge in [0.1, 0.15) is 13.1 Å². The van der Waals surface area contributed by atoms with Crippen molar-refractivity contribution in [3.63, 3.8) is 0 Å². The van der Waals surface area contributed by atoms with Crippen molar-refractivity contribution in [1.29, 1.82) is 0 Å². The number of fused-ring (bicyclic) bond motifs is 1. The van der Waals surface area contributed by atoms with Crippen molar-refractivity contribution in [2.45, 2.75) is 18.9 Å². The summed E-state index contributed by atoms with van der Waals surface area (Å²) in [6.45, 7) is 0.323. The largest absolute Gasteiger partial charge is 0.449 e. The number of hydrogen-bond donors (Lipinski definition) is 0. The fourth-order valence-electron chi connectivity index (χ4n) is 2.31. The molecule has 2 rings (SSSR count). The number of carbonyl (C=O) groups is 1. The first kappa shape index (κ1) is 18.8. The van der Waals surface area contributed by atoms with Crippen LogP contribution in [0.5, 0.6) is 0 Å². The molecule has 1 amide bonds. The first-order valence-electron chi connectivity index (χ1n) is 7.01. The van der Waals surface area contributed by atoms with Crippen LogP contribution in [0.2, 0.25) is 0 Å². The standard InChI is InChI=1S/C15H13F6N3O/c1-2-7-23(9-14(16,17)18)12(25)8-24-11-6-4-3-5-10(11)22-13(24)15(19,20)21/h2-6H,1,7-9H2. The van der Waals surface area contributed by atoms with Gasteiger partial charge in [0.25, 0.3) is 0 Å². The molecule has 0 radical (unpaired) electrons. The summed E-state index contributed by atoms with van der Waals surface area (Å²) in [4.78, 5) is 16.0. The molecule has 0 aliphatic heterocycles. The minimum Gasteiger partial charge on any atom is -0.328 e. The van der Waals surface area contributed by atoms with Crippen molar-refractivity contribution >= 4 is 16.9 Å². The summed E-state index contributed by atoms with van der Waals surface area (Å²) >= 11 is 0. The van der Waals surface area contributed by atoms with Gasteiger partial charge in [0, 0.05) is 6.54 Å². The van der Waals surface area contributed by atoms with Crippen LogP contribution >= 0.6 is 0 Å². The maximum absolute atomic E-state index is 13.2. The predicted molar refractivity (Wildman–Crippen MR) is 77.6 cm³/mol. The van der Waals surface area contributed by atoms with Gasteiger partial charge in [-0.3, -0.25) is 4.79 Å². The number of imidazole rings is 1. The lowest BCUT2D eigenvalue weighted by Gasteiger charge is -2.23. The zero-order chi connectivity index (χ0) is 18.8. The Kier molecular flexibility index (Phi) is 5.09. The number of benzene rings is 1. The fraction of sp³-hybridized carbons (Fsp3) is 0.333. The Hall–Kier alpha value is -2.52. The zero-order valence-electron chi connectivity index (χ0n) is 12.7. The summed E-state index contributed by atoms with van der Waals surface area (Å²) in [7, 11) is 0. The third kappa shape index (κ3) is 4.52. The molecule has 0 saturated carbocycles. The predicted octanol–water partition coefficient (Wildman–Crippen LogP) is 3.63. The molecular formula is C15H13F6N3O. The van der Waals surface area contributed by atoms with Crippen LogP contribution in [0.1, 0.15) is 5.82 Å². The van der Waals surface area contributed by atoms with Gasteiger partial charge in [-0.1, -0.05) is 18.2 Å². The molecule has 0 unspecified atom stereocenters. The molecule has 1 aromatic heterocycles. The highest BCUT2D eigenvalue weighted by molar-refractivity contribution is 5.81. The second-order valence-corrected chi connectivity index (χ2v) is 5.19. The van der Waals surface area contributed by atoms with E-state index in [0.717, 1.165) is 6.08 Å². The number of carbonyl (C=O) groups excluding carboxylic acids is 1. The third-order valence-corrected chi connectivity index (χ3v) is 3.27. The highest BCUT2D eigenvalue weighted by atomic mass is 19.4. The number of alkyl halides is 6. The molecule has 0 bridgehead atoms. The second-order valence-electron chi connectivity index (χ2n) is 5.19. The van der Waals surface area contributed by atoms with Gasteiger partial charge in [-0.15, -0.1) is 6.58 Å². The maximum atomic E-state index is 13.2. The number of halogens is 6. The molecule has 2 aromatic rings. The van der Waals surface area contributed by atoms with E-state index in [1.54, 1.807) is 0 Å². The average molecular weight is 365 g/mol. The first-order chi connectivity index (χ1) is 11.5. The SMILES string of the molecule is C=CCN(CC(F)(F)F)C(=O)Cn1c(C(F)(F)F)nc2ccccc21. The highest BCUT2D eigenvalue weighted by Crippen LogP contribution is 2.31. The van der Waals surface area contributed by atoms with Gasteiger partial charge in [0.05, 0.1) is 11.0 Å². The van der Waals surface area contributed by atoms with E-state index in [-0.39, 0.29) is 11.0 Å². The highest BCUT2D eigenvalue weighted by Gasteiger charge is 2.39. The lowest BCUT2D eigenvalue weighted by atomic mass is 10.3. The summed E-state index contributed by atoms with van der Waals surface area (Å²) in [5, 5.41) is 0. The number of rotatable bonds is 5. The Morgan fingerprint density at radius 2 is 1.84 bits per heavy atom. The third-order valence-electron chi connectivity index (χ3n) is 3.27. The van der Waals surface area contributed by atoms with Gasteiger partial charge in [-0.25, -0.2) is 4.98 Å². The molecule has 0 N–H and O–H groups in total. The minimum absolute atomic E-state index is 0.00582. The molecule has 25 heavy (non-hydrogen) atoms. The molecule has 10 heteroatoms. The van der Waals surface area contributed by atoms with Crippen molar-refractivity contribution < 1.29 is 31.1 Å². The van der Waals surface area contributed by atoms with Crippen LogP contribution in [0, 0.1) is 0 Å². The molecule has 0 spiro atoms. The van der Waals surface area contributed by atoms with Gasteiger partial charge in [-0.2, -0.15) is 26.3 Å². The minimum atomic E-state index is -4.85. The summed E-state index contributed by atoms with van der Waals surface area (Å²) < 4.78 is 77.7. The number of amides is 1. The van der Waals surface area contributed by atoms with E-state index in [1.165, 1.54) is 24.3 Å². The molecular weight excluding hydrogens is 352 g/mol. The summed E-state index contributed by atoms with van der Waals surface area (Å²) in [5.41, 5.74) is 0.00227. The summed E-state index contributed by atoms with van der Waals surface area (Å²) in [6, 6.07) is 5.55. The van der Waals surface area contributed by atoms with Crippen LogP contribution in [0.4, 0.5) is 26.3 Å². The summed E-state index contributed by atoms with van der Waals surface area (Å²) in [5.74, 6) is -2.46. The molecule has 1 aromatic carbocycles. The van der Waals surface area contributed by atoms with Gasteiger partial charge in [0.2, 0.25) is 11.7 Å². The van der Waals surface area contributed by atoms with Crippen LogP contribution in [0.15, 0.2) is 36.9 Å². The van der Waals surface area contributed by atoms with Crippen LogP contribution in [-0.2, 0) is 17.5 Å². The molecule has 0 saturated heterocycles. The van der Waals surface area contributed by atoms with Gasteiger partial charge in [-0.05, 0) is 12.1 Å². The lowest BCUT2D eigenvalue weighted by molar-refractivity contribution is -0.161. The van der Waals surface area contributed by atoms with E-state index in [1.807, 2.05) is 0 Å². The van der Waals surface area contributed by atoms with E-state index in [9.17, 15) is 31.1 Å². The van der Waals surface area contributed by atoms with Crippen LogP contribution in [0.3, 0.4) is 0 Å². The van der Waals surface area contributed by atoms with Gasteiger partial charge < -0.3 is 9.47 Å². The Labute approximate surface area is 138 Å². The summed E-state index contributed by atoms with van der Waals surface area (Å²) in [6.07, 6.45) is -8.46. The molecule has 0 fully saturated rings. The van der Waals surface area contributed by atoms with Crippen LogP contribution in [0.25, 0.3) is 11.0 Å². The lowest BCUT2D eigenvalue weighted by Crippen LogP contribution is -2.41. The zero-order valence-corrected chi connectivity index (χ0v) is 12.7. The second kappa shape index (κ2) is 6.77. The molecule has 0 atom stereocenters. The van der Waals surface area contributed by atoms with E-state index in [4.69, 9.17) is 0 Å². The van der Waals surface area contributed by atoms with Crippen molar-refractivity contribution in [3.05, 3.63) is 42.7 Å². The molecule has 136 valence electrons. The van der Waals surface area contributed by atoms with E-state index in [2.05, 4.69) is 11.6 Å². The molecule has 0 aliphatic rings. The van der Waals surface area contributed by atoms with E-state index in [0.29, 0.717) is 9.47 Å². The Bertz CT molecular complexity index is 778. The van der Waals surface area contributed by atoms with Crippen LogP contribution in [-0.4, -0.2) is 39.6 Å². The number of aromatic nitrogens is 2. The number of hydrogen-bond acceptors (Lipinski definition) is 2. The van der Waals surface area contributed by atoms with Crippen molar-refractivity contribution in [3.8, 4) is 0 Å². The van der Waals surface area contributed by atoms with Gasteiger partial charge >= 0.3 is 12.4 Å². The number of nitrogens with zero attached hydrogens (tertiary/aromatic N) is 3. The Morgan fingerprint density at radius 1 is 1.20 bits per heavy atom. The van der Waals surface area contributed by atoms with Crippen molar-refractivity contribution in [1.82, 2.24) is 14.5 Å². The van der Waals surface area contributed by atoms with E-state index < -0.39 is 43.7 Å². The average Bonchev–Trinajstić information content (AvgIpc) is 2.84. The molecule has 1 heterocycles. The van der Waals surface area contributed by atoms with Gasteiger partial charge in [0.15, 0.2) is 0 Å². The smallest absolute Gasteiger partial charge is 0.328 e. The Balaban J connectivity index is 2.40. The normalized spacial score (nSPS) is 12.4. The maximum Gasteiger partial charge on any atom is 0.449 e.